The van der Waals surface area contributed by atoms with E-state index in [2.05, 4.69) is 20.2 Å². The number of aromatic nitrogens is 2. The quantitative estimate of drug-likeness (QED) is 0.355. The molecule has 1 saturated carbocycles. The van der Waals surface area contributed by atoms with Gasteiger partial charge in [0.1, 0.15) is 12.4 Å². The SMILES string of the molecule is CS(=O)(=O)c1ncc2c(n1)CN([C@H]1CCC(c3cc(F)c(F)cc3F)[C@@H](NC(=O)OCc3ccccc3)C1)C2. The van der Waals surface area contributed by atoms with Gasteiger partial charge < -0.3 is 10.1 Å². The number of carbonyl (C=O) groups excluding carboxylic acids is 1. The first-order valence-corrected chi connectivity index (χ1v) is 14.4. The number of nitrogens with one attached hydrogen (secondary N) is 1. The molecule has 5 rings (SSSR count). The van der Waals surface area contributed by atoms with Gasteiger partial charge in [-0.2, -0.15) is 0 Å². The minimum atomic E-state index is -3.56. The second-order valence-corrected chi connectivity index (χ2v) is 11.9. The summed E-state index contributed by atoms with van der Waals surface area (Å²) < 4.78 is 71.6. The summed E-state index contributed by atoms with van der Waals surface area (Å²) in [5.41, 5.74) is 2.21. The van der Waals surface area contributed by atoms with Gasteiger partial charge in [0.15, 0.2) is 11.6 Å². The van der Waals surface area contributed by atoms with E-state index in [-0.39, 0.29) is 23.4 Å². The van der Waals surface area contributed by atoms with E-state index >= 15 is 0 Å². The number of ether oxygens (including phenoxy) is 1. The predicted octanol–water partition coefficient (Wildman–Crippen LogP) is 4.24. The van der Waals surface area contributed by atoms with Crippen molar-refractivity contribution in [2.45, 2.75) is 62.1 Å². The van der Waals surface area contributed by atoms with Gasteiger partial charge in [-0.25, -0.2) is 36.4 Å². The van der Waals surface area contributed by atoms with Crippen molar-refractivity contribution in [2.24, 2.45) is 0 Å². The fourth-order valence-corrected chi connectivity index (χ4v) is 5.87. The molecule has 2 heterocycles. The molecule has 1 aliphatic carbocycles. The highest BCUT2D eigenvalue weighted by atomic mass is 32.2. The molecule has 8 nitrogen and oxygen atoms in total. The molecule has 1 amide bonds. The van der Waals surface area contributed by atoms with Crippen LogP contribution in [0.1, 0.15) is 47.6 Å². The van der Waals surface area contributed by atoms with Crippen molar-refractivity contribution in [3.8, 4) is 0 Å². The van der Waals surface area contributed by atoms with Crippen LogP contribution in [0.5, 0.6) is 0 Å². The van der Waals surface area contributed by atoms with E-state index in [4.69, 9.17) is 4.74 Å². The molecule has 39 heavy (non-hydrogen) atoms. The molecule has 1 aromatic heterocycles. The maximum absolute atomic E-state index is 14.8. The number of nitrogens with zero attached hydrogens (tertiary/aromatic N) is 3. The lowest BCUT2D eigenvalue weighted by molar-refractivity contribution is 0.107. The van der Waals surface area contributed by atoms with Crippen molar-refractivity contribution >= 4 is 15.9 Å². The largest absolute Gasteiger partial charge is 0.445 e. The van der Waals surface area contributed by atoms with Crippen LogP contribution in [0.2, 0.25) is 0 Å². The van der Waals surface area contributed by atoms with E-state index in [1.54, 1.807) is 0 Å². The van der Waals surface area contributed by atoms with Crippen molar-refractivity contribution < 1.29 is 31.1 Å². The van der Waals surface area contributed by atoms with Crippen molar-refractivity contribution in [3.63, 3.8) is 0 Å². The van der Waals surface area contributed by atoms with Crippen LogP contribution >= 0.6 is 0 Å². The number of amides is 1. The van der Waals surface area contributed by atoms with Crippen LogP contribution < -0.4 is 5.32 Å². The second-order valence-electron chi connectivity index (χ2n) is 9.98. The number of carbonyl (C=O) groups is 1. The third kappa shape index (κ3) is 6.06. The highest BCUT2D eigenvalue weighted by Crippen LogP contribution is 2.39. The molecule has 2 aliphatic rings. The van der Waals surface area contributed by atoms with E-state index in [9.17, 15) is 26.4 Å². The Morgan fingerprint density at radius 1 is 1.08 bits per heavy atom. The number of benzene rings is 2. The fourth-order valence-electron chi connectivity index (χ4n) is 5.35. The molecule has 0 radical (unpaired) electrons. The number of rotatable bonds is 6. The first-order chi connectivity index (χ1) is 18.6. The minimum absolute atomic E-state index is 0.00548. The molecule has 2 aromatic carbocycles. The van der Waals surface area contributed by atoms with Crippen LogP contribution in [0.15, 0.2) is 53.8 Å². The van der Waals surface area contributed by atoms with Gasteiger partial charge in [0, 0.05) is 55.2 Å². The lowest BCUT2D eigenvalue weighted by atomic mass is 9.77. The van der Waals surface area contributed by atoms with Gasteiger partial charge in [-0.3, -0.25) is 4.90 Å². The Morgan fingerprint density at radius 2 is 1.82 bits per heavy atom. The molecule has 12 heteroatoms. The van der Waals surface area contributed by atoms with Crippen LogP contribution in [-0.2, 0) is 34.3 Å². The number of sulfone groups is 1. The Kier molecular flexibility index (Phi) is 7.59. The summed E-state index contributed by atoms with van der Waals surface area (Å²) in [5, 5.41) is 2.59. The van der Waals surface area contributed by atoms with Gasteiger partial charge in [-0.1, -0.05) is 30.3 Å². The smallest absolute Gasteiger partial charge is 0.407 e. The minimum Gasteiger partial charge on any atom is -0.445 e. The van der Waals surface area contributed by atoms with E-state index in [0.717, 1.165) is 23.4 Å². The van der Waals surface area contributed by atoms with Gasteiger partial charge in [-0.05, 0) is 36.5 Å². The molecule has 206 valence electrons. The normalized spacial score (nSPS) is 21.4. The van der Waals surface area contributed by atoms with E-state index < -0.39 is 45.3 Å². The lowest BCUT2D eigenvalue weighted by Gasteiger charge is -2.40. The van der Waals surface area contributed by atoms with Crippen molar-refractivity contribution in [3.05, 3.63) is 88.5 Å². The Hall–Kier alpha value is -3.51. The summed E-state index contributed by atoms with van der Waals surface area (Å²) in [5.74, 6) is -3.92. The average Bonchev–Trinajstić information content (AvgIpc) is 3.34. The molecule has 3 aromatic rings. The fraction of sp³-hybridized carbons (Fsp3) is 0.370. The lowest BCUT2D eigenvalue weighted by Crippen LogP contribution is -2.48. The Balaban J connectivity index is 1.34. The monoisotopic (exact) mass is 560 g/mol. The van der Waals surface area contributed by atoms with Gasteiger partial charge in [0.25, 0.3) is 0 Å². The van der Waals surface area contributed by atoms with Gasteiger partial charge in [0.05, 0.1) is 5.69 Å². The Labute approximate surface area is 224 Å². The molecule has 1 fully saturated rings. The van der Waals surface area contributed by atoms with Crippen LogP contribution in [0, 0.1) is 17.5 Å². The summed E-state index contributed by atoms with van der Waals surface area (Å²) >= 11 is 0. The molecule has 3 atom stereocenters. The highest BCUT2D eigenvalue weighted by Gasteiger charge is 2.39. The maximum atomic E-state index is 14.8. The highest BCUT2D eigenvalue weighted by molar-refractivity contribution is 7.90. The molecule has 0 bridgehead atoms. The zero-order chi connectivity index (χ0) is 27.7. The van der Waals surface area contributed by atoms with Crippen molar-refractivity contribution in [1.82, 2.24) is 20.2 Å². The Bertz CT molecular complexity index is 1490. The number of fused-ring (bicyclic) bond motifs is 1. The van der Waals surface area contributed by atoms with E-state index in [0.29, 0.717) is 44.1 Å². The first kappa shape index (κ1) is 27.1. The van der Waals surface area contributed by atoms with Crippen LogP contribution in [0.25, 0.3) is 0 Å². The summed E-state index contributed by atoms with van der Waals surface area (Å²) in [6.45, 7) is 0.912. The van der Waals surface area contributed by atoms with Crippen molar-refractivity contribution in [2.75, 3.05) is 6.26 Å². The zero-order valence-corrected chi connectivity index (χ0v) is 21.9. The summed E-state index contributed by atoms with van der Waals surface area (Å²) in [7, 11) is -3.56. The van der Waals surface area contributed by atoms with E-state index in [1.165, 1.54) is 6.20 Å². The van der Waals surface area contributed by atoms with Crippen LogP contribution in [0.4, 0.5) is 18.0 Å². The molecule has 1 unspecified atom stereocenters. The van der Waals surface area contributed by atoms with Gasteiger partial charge in [-0.15, -0.1) is 0 Å². The van der Waals surface area contributed by atoms with Crippen LogP contribution in [-0.4, -0.2) is 47.7 Å². The maximum Gasteiger partial charge on any atom is 0.407 e. The van der Waals surface area contributed by atoms with E-state index in [1.807, 2.05) is 30.3 Å². The molecule has 0 spiro atoms. The summed E-state index contributed by atoms with van der Waals surface area (Å²) in [6, 6.07) is 9.78. The third-order valence-corrected chi connectivity index (χ3v) is 8.14. The first-order valence-electron chi connectivity index (χ1n) is 12.5. The molecule has 1 aliphatic heterocycles. The molecule has 1 N–H and O–H groups in total. The second kappa shape index (κ2) is 10.9. The topological polar surface area (TPSA) is 101 Å². The third-order valence-electron chi connectivity index (χ3n) is 7.28. The average molecular weight is 561 g/mol. The number of hydrogen-bond acceptors (Lipinski definition) is 7. The molecular formula is C27H27F3N4O4S. The summed E-state index contributed by atoms with van der Waals surface area (Å²) in [6.07, 6.45) is 3.21. The predicted molar refractivity (Wildman–Crippen MR) is 135 cm³/mol. The standard InChI is InChI=1S/C27H27F3N4O4S/c1-39(36,37)26-31-12-17-13-34(14-25(17)32-26)18-7-8-19(20-10-22(29)23(30)11-21(20)28)24(9-18)33-27(35)38-15-16-5-3-2-4-6-16/h2-6,10-12,18-19,24H,7-9,13-15H2,1H3,(H,33,35)/t18-,19?,24-/m0/s1. The summed E-state index contributed by atoms with van der Waals surface area (Å²) in [4.78, 5) is 23.1. The molecular weight excluding hydrogens is 533 g/mol. The number of alkyl carbamates (subject to hydrolysis) is 1. The number of halogens is 3. The zero-order valence-electron chi connectivity index (χ0n) is 21.1. The van der Waals surface area contributed by atoms with Crippen LogP contribution in [0.3, 0.4) is 0 Å². The van der Waals surface area contributed by atoms with Crippen molar-refractivity contribution in [1.29, 1.82) is 0 Å². The molecule has 0 saturated heterocycles. The Morgan fingerprint density at radius 3 is 2.56 bits per heavy atom. The number of hydrogen-bond donors (Lipinski definition) is 1. The van der Waals surface area contributed by atoms with Gasteiger partial charge >= 0.3 is 6.09 Å². The van der Waals surface area contributed by atoms with Gasteiger partial charge in [0.2, 0.25) is 15.0 Å².